The summed E-state index contributed by atoms with van der Waals surface area (Å²) in [7, 11) is 0. The van der Waals surface area contributed by atoms with Crippen molar-refractivity contribution in [3.05, 3.63) is 47.4 Å². The number of amides is 1. The summed E-state index contributed by atoms with van der Waals surface area (Å²) in [5, 5.41) is 3.30. The number of nitrogens with zero attached hydrogens (tertiary/aromatic N) is 2. The second-order valence-electron chi connectivity index (χ2n) is 6.23. The largest absolute Gasteiger partial charge is 0.412 e. The third kappa shape index (κ3) is 5.03. The molecule has 1 aliphatic rings. The van der Waals surface area contributed by atoms with E-state index in [-0.39, 0.29) is 23.1 Å². The van der Waals surface area contributed by atoms with E-state index in [1.165, 1.54) is 12.4 Å². The number of carbonyl (C=O) groups excluding carboxylic acids is 2. The van der Waals surface area contributed by atoms with Gasteiger partial charge in [-0.1, -0.05) is 17.7 Å². The first-order valence-electron chi connectivity index (χ1n) is 8.10. The van der Waals surface area contributed by atoms with Crippen LogP contribution in [0.3, 0.4) is 0 Å². The highest BCUT2D eigenvalue weighted by atomic mass is 35.5. The zero-order valence-corrected chi connectivity index (χ0v) is 15.6. The van der Waals surface area contributed by atoms with Crippen molar-refractivity contribution in [1.29, 1.82) is 0 Å². The first-order chi connectivity index (χ1) is 12.0. The molecule has 2 unspecified atom stereocenters. The summed E-state index contributed by atoms with van der Waals surface area (Å²) in [5.41, 5.74) is 0.809. The van der Waals surface area contributed by atoms with Gasteiger partial charge < -0.3 is 10.8 Å². The summed E-state index contributed by atoms with van der Waals surface area (Å²) in [6, 6.07) is 5.40. The van der Waals surface area contributed by atoms with Gasteiger partial charge in [-0.05, 0) is 36.5 Å². The van der Waals surface area contributed by atoms with Crippen LogP contribution in [0.1, 0.15) is 37.2 Å². The normalized spacial score (nSPS) is 17.5. The van der Waals surface area contributed by atoms with Crippen molar-refractivity contribution in [3.8, 4) is 0 Å². The molecular weight excluding hydrogens is 374 g/mol. The van der Waals surface area contributed by atoms with Crippen molar-refractivity contribution < 1.29 is 15.1 Å². The number of aromatic nitrogens is 2. The van der Waals surface area contributed by atoms with Gasteiger partial charge in [0.2, 0.25) is 5.91 Å². The maximum atomic E-state index is 12.9. The van der Waals surface area contributed by atoms with Gasteiger partial charge in [0.15, 0.2) is 5.82 Å². The van der Waals surface area contributed by atoms with Crippen LogP contribution in [0.2, 0.25) is 5.02 Å². The van der Waals surface area contributed by atoms with Crippen LogP contribution in [0.4, 0.5) is 5.82 Å². The number of carbonyl (C=O) groups is 2. The monoisotopic (exact) mass is 393 g/mol. The maximum Gasteiger partial charge on any atom is 0.233 e. The summed E-state index contributed by atoms with van der Waals surface area (Å²) in [4.78, 5) is 33.1. The zero-order valence-electron chi connectivity index (χ0n) is 14.0. The number of nitrogens with one attached hydrogen (secondary N) is 1. The van der Waals surface area contributed by atoms with Gasteiger partial charge in [0, 0.05) is 30.1 Å². The second kappa shape index (κ2) is 9.12. The third-order valence-corrected chi connectivity index (χ3v) is 5.26. The molecule has 1 heterocycles. The van der Waals surface area contributed by atoms with Crippen molar-refractivity contribution in [3.63, 3.8) is 0 Å². The van der Waals surface area contributed by atoms with E-state index >= 15 is 0 Å². The van der Waals surface area contributed by atoms with E-state index in [4.69, 9.17) is 11.6 Å². The van der Waals surface area contributed by atoms with Gasteiger partial charge in [0.25, 0.3) is 0 Å². The average molecular weight is 394 g/mol. The number of anilines is 1. The summed E-state index contributed by atoms with van der Waals surface area (Å²) in [5.74, 6) is 0.283. The Morgan fingerprint density at radius 2 is 2.19 bits per heavy atom. The standard InChI is InChI=1S/C18H18ClN3O2S.H2O/c19-15-9-12(2-4-16(15)25)14(8-11-1-3-13(23)7-11)18(24)22-17-10-20-5-6-21-17;/h2,4-6,9-11,14,25H,1,3,7-8H2,(H,21,22,24);1H2. The molecule has 0 radical (unpaired) electrons. The summed E-state index contributed by atoms with van der Waals surface area (Å²) >= 11 is 10.5. The Kier molecular flexibility index (Phi) is 7.14. The molecule has 1 aromatic carbocycles. The molecule has 0 aliphatic heterocycles. The number of ketones is 1. The van der Waals surface area contributed by atoms with E-state index in [0.29, 0.717) is 35.0 Å². The molecule has 1 aromatic heterocycles. The molecule has 3 rings (SSSR count). The second-order valence-corrected chi connectivity index (χ2v) is 7.12. The van der Waals surface area contributed by atoms with Gasteiger partial charge >= 0.3 is 0 Å². The van der Waals surface area contributed by atoms with Crippen LogP contribution < -0.4 is 5.32 Å². The molecule has 1 aliphatic carbocycles. The number of rotatable bonds is 5. The van der Waals surface area contributed by atoms with E-state index in [0.717, 1.165) is 12.0 Å². The van der Waals surface area contributed by atoms with Gasteiger partial charge in [-0.25, -0.2) is 4.98 Å². The third-order valence-electron chi connectivity index (χ3n) is 4.42. The van der Waals surface area contributed by atoms with Gasteiger partial charge in [-0.2, -0.15) is 0 Å². The minimum absolute atomic E-state index is 0. The predicted octanol–water partition coefficient (Wildman–Crippen LogP) is 3.08. The molecule has 6 nitrogen and oxygen atoms in total. The number of thiol groups is 1. The molecular formula is C18H20ClN3O3S. The SMILES string of the molecule is O.O=C1CCC(CC(C(=O)Nc2cnccn2)c2ccc(S)c(Cl)c2)C1. The fourth-order valence-electron chi connectivity index (χ4n) is 3.14. The molecule has 2 aromatic rings. The molecule has 0 spiro atoms. The lowest BCUT2D eigenvalue weighted by atomic mass is 9.87. The zero-order chi connectivity index (χ0) is 17.8. The quantitative estimate of drug-likeness (QED) is 0.761. The molecule has 1 fully saturated rings. The highest BCUT2D eigenvalue weighted by molar-refractivity contribution is 7.80. The van der Waals surface area contributed by atoms with E-state index in [9.17, 15) is 9.59 Å². The Hall–Kier alpha value is -1.96. The minimum atomic E-state index is -0.413. The number of Topliss-reactive ketones (excluding diaryl/α,β-unsaturated/α-hetero) is 1. The fraction of sp³-hybridized carbons (Fsp3) is 0.333. The van der Waals surface area contributed by atoms with E-state index < -0.39 is 5.92 Å². The molecule has 1 amide bonds. The molecule has 0 saturated heterocycles. The number of hydrogen-bond acceptors (Lipinski definition) is 5. The predicted molar refractivity (Wildman–Crippen MR) is 103 cm³/mol. The maximum absolute atomic E-state index is 12.9. The lowest BCUT2D eigenvalue weighted by Gasteiger charge is -2.20. The van der Waals surface area contributed by atoms with Crippen molar-refractivity contribution in [2.75, 3.05) is 5.32 Å². The number of hydrogen-bond donors (Lipinski definition) is 2. The Labute approximate surface area is 162 Å². The van der Waals surface area contributed by atoms with Gasteiger partial charge in [-0.15, -0.1) is 12.6 Å². The van der Waals surface area contributed by atoms with Crippen molar-refractivity contribution in [2.24, 2.45) is 5.92 Å². The van der Waals surface area contributed by atoms with Crippen LogP contribution in [-0.2, 0) is 9.59 Å². The lowest BCUT2D eigenvalue weighted by molar-refractivity contribution is -0.119. The molecule has 3 N–H and O–H groups in total. The van der Waals surface area contributed by atoms with Crippen molar-refractivity contribution >= 4 is 41.7 Å². The van der Waals surface area contributed by atoms with Gasteiger partial charge in [0.1, 0.15) is 5.78 Å². The highest BCUT2D eigenvalue weighted by Gasteiger charge is 2.30. The molecule has 0 bridgehead atoms. The molecule has 1 saturated carbocycles. The van der Waals surface area contributed by atoms with E-state index in [1.807, 2.05) is 6.07 Å². The van der Waals surface area contributed by atoms with Crippen molar-refractivity contribution in [1.82, 2.24) is 9.97 Å². The highest BCUT2D eigenvalue weighted by Crippen LogP contribution is 2.35. The van der Waals surface area contributed by atoms with E-state index in [1.54, 1.807) is 18.3 Å². The van der Waals surface area contributed by atoms with E-state index in [2.05, 4.69) is 27.9 Å². The first kappa shape index (κ1) is 20.4. The van der Waals surface area contributed by atoms with Crippen LogP contribution in [0.5, 0.6) is 0 Å². The molecule has 138 valence electrons. The number of benzene rings is 1. The molecule has 26 heavy (non-hydrogen) atoms. The lowest BCUT2D eigenvalue weighted by Crippen LogP contribution is -2.23. The average Bonchev–Trinajstić information content (AvgIpc) is 3.01. The summed E-state index contributed by atoms with van der Waals surface area (Å²) in [6.07, 6.45) is 7.12. The van der Waals surface area contributed by atoms with Crippen LogP contribution in [-0.4, -0.2) is 27.1 Å². The van der Waals surface area contributed by atoms with Crippen LogP contribution in [0.15, 0.2) is 41.7 Å². The van der Waals surface area contributed by atoms with Crippen LogP contribution in [0.25, 0.3) is 0 Å². The van der Waals surface area contributed by atoms with Crippen LogP contribution >= 0.6 is 24.2 Å². The van der Waals surface area contributed by atoms with Crippen LogP contribution in [0, 0.1) is 5.92 Å². The summed E-state index contributed by atoms with van der Waals surface area (Å²) in [6.45, 7) is 0. The van der Waals surface area contributed by atoms with Crippen molar-refractivity contribution in [2.45, 2.75) is 36.5 Å². The Morgan fingerprint density at radius 3 is 2.81 bits per heavy atom. The molecule has 2 atom stereocenters. The number of halogens is 1. The molecule has 8 heteroatoms. The topological polar surface area (TPSA) is 103 Å². The smallest absolute Gasteiger partial charge is 0.233 e. The van der Waals surface area contributed by atoms with Gasteiger partial charge in [0.05, 0.1) is 17.1 Å². The fourth-order valence-corrected chi connectivity index (χ4v) is 3.47. The van der Waals surface area contributed by atoms with Gasteiger partial charge in [-0.3, -0.25) is 14.6 Å². The summed E-state index contributed by atoms with van der Waals surface area (Å²) < 4.78 is 0. The first-order valence-corrected chi connectivity index (χ1v) is 8.92. The Balaban J connectivity index is 0.00000243. The Morgan fingerprint density at radius 1 is 1.38 bits per heavy atom. The Bertz CT molecular complexity index is 789. The minimum Gasteiger partial charge on any atom is -0.412 e.